The normalized spacial score (nSPS) is 42.7. The van der Waals surface area contributed by atoms with Crippen molar-refractivity contribution >= 4 is 5.78 Å². The molecule has 0 spiro atoms. The van der Waals surface area contributed by atoms with Crippen molar-refractivity contribution in [3.8, 4) is 6.07 Å². The Morgan fingerprint density at radius 2 is 2.43 bits per heavy atom. The van der Waals surface area contributed by atoms with Gasteiger partial charge in [0, 0.05) is 19.4 Å². The van der Waals surface area contributed by atoms with Gasteiger partial charge in [0.15, 0.2) is 0 Å². The van der Waals surface area contributed by atoms with Gasteiger partial charge in [0.1, 0.15) is 5.78 Å². The summed E-state index contributed by atoms with van der Waals surface area (Å²) in [6.45, 7) is 3.00. The molecule has 0 bridgehead atoms. The van der Waals surface area contributed by atoms with E-state index in [1.54, 1.807) is 0 Å². The molecule has 1 saturated heterocycles. The predicted octanol–water partition coefficient (Wildman–Crippen LogP) is 1.25. The molecule has 2 fully saturated rings. The largest absolute Gasteiger partial charge is 0.301 e. The molecule has 3 heteroatoms. The second-order valence-electron chi connectivity index (χ2n) is 4.90. The molecule has 2 rings (SSSR count). The molecule has 1 N–H and O–H groups in total. The number of ketones is 1. The van der Waals surface area contributed by atoms with Gasteiger partial charge in [0.05, 0.1) is 12.1 Å². The van der Waals surface area contributed by atoms with E-state index < -0.39 is 0 Å². The first-order valence-electron chi connectivity index (χ1n) is 5.29. The quantitative estimate of drug-likeness (QED) is 0.628. The Bertz CT molecular complexity index is 294. The highest BCUT2D eigenvalue weighted by molar-refractivity contribution is 5.80. The molecule has 0 aromatic heterocycles. The minimum absolute atomic E-state index is 0.00118. The van der Waals surface area contributed by atoms with Crippen LogP contribution in [0.5, 0.6) is 0 Å². The van der Waals surface area contributed by atoms with Crippen LogP contribution in [0.4, 0.5) is 0 Å². The number of Topliss-reactive ketones (excluding diaryl/α,β-unsaturated/α-hetero) is 1. The second-order valence-corrected chi connectivity index (χ2v) is 4.90. The number of rotatable bonds is 0. The Morgan fingerprint density at radius 3 is 3.14 bits per heavy atom. The Balaban J connectivity index is 2.11. The van der Waals surface area contributed by atoms with Crippen molar-refractivity contribution in [3.63, 3.8) is 0 Å². The van der Waals surface area contributed by atoms with Gasteiger partial charge < -0.3 is 5.32 Å². The van der Waals surface area contributed by atoms with Gasteiger partial charge in [-0.3, -0.25) is 4.79 Å². The van der Waals surface area contributed by atoms with Gasteiger partial charge >= 0.3 is 0 Å². The Morgan fingerprint density at radius 1 is 1.64 bits per heavy atom. The van der Waals surface area contributed by atoms with E-state index in [1.165, 1.54) is 0 Å². The number of nitriles is 1. The van der Waals surface area contributed by atoms with E-state index in [-0.39, 0.29) is 11.5 Å². The van der Waals surface area contributed by atoms with Gasteiger partial charge in [-0.1, -0.05) is 6.92 Å². The molecule has 0 aromatic carbocycles. The number of nitrogens with zero attached hydrogens (tertiary/aromatic N) is 1. The highest BCUT2D eigenvalue weighted by Crippen LogP contribution is 2.43. The fourth-order valence-electron chi connectivity index (χ4n) is 2.80. The SMILES string of the molecule is C[C@]12CN[C@H](C#N)C[C@H]1CCC(=O)C2. The molecule has 3 nitrogen and oxygen atoms in total. The monoisotopic (exact) mass is 192 g/mol. The van der Waals surface area contributed by atoms with Gasteiger partial charge in [-0.2, -0.15) is 5.26 Å². The number of hydrogen-bond acceptors (Lipinski definition) is 3. The lowest BCUT2D eigenvalue weighted by atomic mass is 9.63. The number of nitrogens with one attached hydrogen (secondary N) is 1. The summed E-state index contributed by atoms with van der Waals surface area (Å²) < 4.78 is 0. The van der Waals surface area contributed by atoms with Crippen LogP contribution in [0.15, 0.2) is 0 Å². The molecule has 1 aliphatic heterocycles. The van der Waals surface area contributed by atoms with E-state index in [2.05, 4.69) is 18.3 Å². The predicted molar refractivity (Wildman–Crippen MR) is 52.5 cm³/mol. The maximum atomic E-state index is 11.4. The van der Waals surface area contributed by atoms with Crippen LogP contribution in [0.2, 0.25) is 0 Å². The summed E-state index contributed by atoms with van der Waals surface area (Å²) in [5.74, 6) is 0.951. The lowest BCUT2D eigenvalue weighted by Gasteiger charge is -2.46. The number of fused-ring (bicyclic) bond motifs is 1. The van der Waals surface area contributed by atoms with E-state index in [4.69, 9.17) is 5.26 Å². The summed E-state index contributed by atoms with van der Waals surface area (Å²) in [5.41, 5.74) is 0.114. The lowest BCUT2D eigenvalue weighted by Crippen LogP contribution is -2.52. The number of carbonyl (C=O) groups excluding carboxylic acids is 1. The zero-order chi connectivity index (χ0) is 10.2. The summed E-state index contributed by atoms with van der Waals surface area (Å²) in [7, 11) is 0. The Hall–Kier alpha value is -0.880. The van der Waals surface area contributed by atoms with Crippen molar-refractivity contribution < 1.29 is 4.79 Å². The fraction of sp³-hybridized carbons (Fsp3) is 0.818. The van der Waals surface area contributed by atoms with Crippen LogP contribution in [0.25, 0.3) is 0 Å². The zero-order valence-corrected chi connectivity index (χ0v) is 8.55. The average Bonchev–Trinajstić information content (AvgIpc) is 2.16. The first kappa shape index (κ1) is 9.67. The zero-order valence-electron chi connectivity index (χ0n) is 8.55. The molecule has 0 amide bonds. The molecule has 0 radical (unpaired) electrons. The van der Waals surface area contributed by atoms with Crippen LogP contribution in [-0.4, -0.2) is 18.4 Å². The van der Waals surface area contributed by atoms with E-state index in [9.17, 15) is 4.79 Å². The molecule has 1 saturated carbocycles. The lowest BCUT2D eigenvalue weighted by molar-refractivity contribution is -0.126. The molecule has 2 aliphatic rings. The van der Waals surface area contributed by atoms with Crippen LogP contribution in [0.3, 0.4) is 0 Å². The molecule has 1 aliphatic carbocycles. The Kier molecular flexibility index (Phi) is 2.32. The van der Waals surface area contributed by atoms with Crippen LogP contribution in [0.1, 0.15) is 32.6 Å². The standard InChI is InChI=1S/C11H16N2O/c1-11-5-10(14)3-2-8(11)4-9(6-12)13-7-11/h8-9,13H,2-5,7H2,1H3/t8-,9+,11+/m1/s1. The summed E-state index contributed by atoms with van der Waals surface area (Å²) >= 11 is 0. The number of carbonyl (C=O) groups is 1. The summed E-state index contributed by atoms with van der Waals surface area (Å²) in [6.07, 6.45) is 3.32. The van der Waals surface area contributed by atoms with Gasteiger partial charge in [0.25, 0.3) is 0 Å². The van der Waals surface area contributed by atoms with Crippen LogP contribution in [0, 0.1) is 22.7 Å². The first-order valence-corrected chi connectivity index (χ1v) is 5.29. The molecule has 14 heavy (non-hydrogen) atoms. The maximum absolute atomic E-state index is 11.4. The molecule has 1 heterocycles. The highest BCUT2D eigenvalue weighted by Gasteiger charge is 2.43. The number of piperidine rings is 1. The summed E-state index contributed by atoms with van der Waals surface area (Å²) in [6, 6.07) is 2.27. The third-order valence-electron chi connectivity index (χ3n) is 3.79. The molecule has 0 aromatic rings. The summed E-state index contributed by atoms with van der Waals surface area (Å²) in [4.78, 5) is 11.4. The van der Waals surface area contributed by atoms with Crippen molar-refractivity contribution in [1.82, 2.24) is 5.32 Å². The maximum Gasteiger partial charge on any atom is 0.133 e. The van der Waals surface area contributed by atoms with Gasteiger partial charge in [0.2, 0.25) is 0 Å². The van der Waals surface area contributed by atoms with Gasteiger partial charge in [-0.05, 0) is 24.2 Å². The van der Waals surface area contributed by atoms with Crippen molar-refractivity contribution in [2.24, 2.45) is 11.3 Å². The van der Waals surface area contributed by atoms with E-state index in [0.717, 1.165) is 25.8 Å². The fourth-order valence-corrected chi connectivity index (χ4v) is 2.80. The molecule has 76 valence electrons. The first-order chi connectivity index (χ1) is 6.64. The third kappa shape index (κ3) is 1.55. The molecule has 0 unspecified atom stereocenters. The number of hydrogen-bond donors (Lipinski definition) is 1. The third-order valence-corrected chi connectivity index (χ3v) is 3.79. The van der Waals surface area contributed by atoms with Crippen LogP contribution < -0.4 is 5.32 Å². The highest BCUT2D eigenvalue weighted by atomic mass is 16.1. The smallest absolute Gasteiger partial charge is 0.133 e. The van der Waals surface area contributed by atoms with E-state index in [0.29, 0.717) is 18.1 Å². The summed E-state index contributed by atoms with van der Waals surface area (Å²) in [5, 5.41) is 12.1. The minimum Gasteiger partial charge on any atom is -0.301 e. The van der Waals surface area contributed by atoms with Crippen molar-refractivity contribution in [3.05, 3.63) is 0 Å². The second kappa shape index (κ2) is 3.36. The minimum atomic E-state index is 0.00118. The van der Waals surface area contributed by atoms with Gasteiger partial charge in [-0.25, -0.2) is 0 Å². The average molecular weight is 192 g/mol. The van der Waals surface area contributed by atoms with Gasteiger partial charge in [-0.15, -0.1) is 0 Å². The molecule has 3 atom stereocenters. The van der Waals surface area contributed by atoms with E-state index >= 15 is 0 Å². The molecular weight excluding hydrogens is 176 g/mol. The molecular formula is C11H16N2O. The van der Waals surface area contributed by atoms with Crippen molar-refractivity contribution in [2.75, 3.05) is 6.54 Å². The topological polar surface area (TPSA) is 52.9 Å². The van der Waals surface area contributed by atoms with Crippen LogP contribution >= 0.6 is 0 Å². The van der Waals surface area contributed by atoms with Crippen molar-refractivity contribution in [1.29, 1.82) is 5.26 Å². The Labute approximate surface area is 84.5 Å². The van der Waals surface area contributed by atoms with Crippen LogP contribution in [-0.2, 0) is 4.79 Å². The van der Waals surface area contributed by atoms with E-state index in [1.807, 2.05) is 0 Å². The van der Waals surface area contributed by atoms with Crippen molar-refractivity contribution in [2.45, 2.75) is 38.6 Å².